The maximum atomic E-state index is 4.53. The number of hydrogen-bond acceptors (Lipinski definition) is 4. The summed E-state index contributed by atoms with van der Waals surface area (Å²) in [6.07, 6.45) is 6.45. The van der Waals surface area contributed by atoms with Gasteiger partial charge < -0.3 is 10.6 Å². The minimum Gasteiger partial charge on any atom is -0.367 e. The predicted octanol–water partition coefficient (Wildman–Crippen LogP) is 5.34. The molecule has 1 heterocycles. The Morgan fingerprint density at radius 2 is 1.74 bits per heavy atom. The SMILES string of the molecule is Cc1nc(Nc2ccc(Br)c(C)c2)cc(NC2CCCCC2)n1. The van der Waals surface area contributed by atoms with Crippen molar-refractivity contribution < 1.29 is 0 Å². The number of nitrogens with one attached hydrogen (secondary N) is 2. The van der Waals surface area contributed by atoms with Crippen LogP contribution in [-0.2, 0) is 0 Å². The van der Waals surface area contributed by atoms with Gasteiger partial charge in [-0.2, -0.15) is 0 Å². The highest BCUT2D eigenvalue weighted by Crippen LogP contribution is 2.25. The molecule has 1 saturated carbocycles. The third-order valence-corrected chi connectivity index (χ3v) is 5.12. The largest absolute Gasteiger partial charge is 0.367 e. The average Bonchev–Trinajstić information content (AvgIpc) is 2.51. The average molecular weight is 375 g/mol. The van der Waals surface area contributed by atoms with Gasteiger partial charge in [0.05, 0.1) is 0 Å². The summed E-state index contributed by atoms with van der Waals surface area (Å²) in [5.41, 5.74) is 2.23. The summed E-state index contributed by atoms with van der Waals surface area (Å²) in [6.45, 7) is 4.01. The molecule has 0 saturated heterocycles. The summed E-state index contributed by atoms with van der Waals surface area (Å²) in [7, 11) is 0. The molecule has 0 radical (unpaired) electrons. The fourth-order valence-corrected chi connectivity index (χ4v) is 3.28. The van der Waals surface area contributed by atoms with Crippen molar-refractivity contribution in [2.75, 3.05) is 10.6 Å². The number of rotatable bonds is 4. The van der Waals surface area contributed by atoms with E-state index in [-0.39, 0.29) is 0 Å². The van der Waals surface area contributed by atoms with Crippen molar-refractivity contribution in [3.05, 3.63) is 40.1 Å². The highest BCUT2D eigenvalue weighted by Gasteiger charge is 2.14. The molecule has 2 N–H and O–H groups in total. The van der Waals surface area contributed by atoms with Crippen LogP contribution in [0.4, 0.5) is 17.3 Å². The van der Waals surface area contributed by atoms with Crippen molar-refractivity contribution >= 4 is 33.3 Å². The minimum absolute atomic E-state index is 0.542. The topological polar surface area (TPSA) is 49.8 Å². The molecule has 122 valence electrons. The lowest BCUT2D eigenvalue weighted by Gasteiger charge is -2.23. The molecule has 1 aromatic carbocycles. The molecule has 0 aliphatic heterocycles. The Morgan fingerprint density at radius 3 is 2.48 bits per heavy atom. The minimum atomic E-state index is 0.542. The second kappa shape index (κ2) is 7.30. The molecule has 1 aliphatic rings. The molecular weight excluding hydrogens is 352 g/mol. The second-order valence-electron chi connectivity index (χ2n) is 6.25. The summed E-state index contributed by atoms with van der Waals surface area (Å²) < 4.78 is 1.11. The van der Waals surface area contributed by atoms with E-state index in [0.29, 0.717) is 6.04 Å². The van der Waals surface area contributed by atoms with Gasteiger partial charge in [0.25, 0.3) is 0 Å². The van der Waals surface area contributed by atoms with Crippen LogP contribution in [0.5, 0.6) is 0 Å². The third kappa shape index (κ3) is 4.44. The van der Waals surface area contributed by atoms with Gasteiger partial charge in [0.15, 0.2) is 0 Å². The van der Waals surface area contributed by atoms with Gasteiger partial charge in [0.2, 0.25) is 0 Å². The number of nitrogens with zero attached hydrogens (tertiary/aromatic N) is 2. The van der Waals surface area contributed by atoms with Gasteiger partial charge >= 0.3 is 0 Å². The van der Waals surface area contributed by atoms with Crippen LogP contribution in [0.2, 0.25) is 0 Å². The Balaban J connectivity index is 1.75. The Bertz CT molecular complexity index is 681. The van der Waals surface area contributed by atoms with Crippen molar-refractivity contribution in [1.82, 2.24) is 9.97 Å². The van der Waals surface area contributed by atoms with Gasteiger partial charge in [0.1, 0.15) is 17.5 Å². The Labute approximate surface area is 146 Å². The third-order valence-electron chi connectivity index (χ3n) is 4.23. The molecule has 3 rings (SSSR count). The lowest BCUT2D eigenvalue weighted by Crippen LogP contribution is -2.23. The smallest absolute Gasteiger partial charge is 0.136 e. The van der Waals surface area contributed by atoms with Gasteiger partial charge in [-0.1, -0.05) is 35.2 Å². The molecule has 0 spiro atoms. The molecule has 23 heavy (non-hydrogen) atoms. The van der Waals surface area contributed by atoms with E-state index in [0.717, 1.165) is 27.6 Å². The summed E-state index contributed by atoms with van der Waals surface area (Å²) in [5.74, 6) is 2.53. The van der Waals surface area contributed by atoms with E-state index in [1.54, 1.807) is 0 Å². The molecule has 0 bridgehead atoms. The number of aryl methyl sites for hydroxylation is 2. The molecular formula is C18H23BrN4. The van der Waals surface area contributed by atoms with Gasteiger partial charge in [-0.15, -0.1) is 0 Å². The Morgan fingerprint density at radius 1 is 1.00 bits per heavy atom. The van der Waals surface area contributed by atoms with Crippen LogP contribution in [0.25, 0.3) is 0 Å². The van der Waals surface area contributed by atoms with Crippen LogP contribution >= 0.6 is 15.9 Å². The zero-order chi connectivity index (χ0) is 16.2. The predicted molar refractivity (Wildman–Crippen MR) is 99.4 cm³/mol. The summed E-state index contributed by atoms with van der Waals surface area (Å²) in [4.78, 5) is 9.03. The van der Waals surface area contributed by atoms with Gasteiger partial charge in [-0.3, -0.25) is 0 Å². The molecule has 4 nitrogen and oxygen atoms in total. The van der Waals surface area contributed by atoms with E-state index in [4.69, 9.17) is 0 Å². The Hall–Kier alpha value is -1.62. The number of benzene rings is 1. The molecule has 0 unspecified atom stereocenters. The van der Waals surface area contributed by atoms with E-state index in [1.165, 1.54) is 37.7 Å². The first-order valence-electron chi connectivity index (χ1n) is 8.25. The van der Waals surface area contributed by atoms with Gasteiger partial charge in [-0.05, 0) is 50.5 Å². The molecule has 2 aromatic rings. The van der Waals surface area contributed by atoms with Crippen molar-refractivity contribution in [2.45, 2.75) is 52.0 Å². The second-order valence-corrected chi connectivity index (χ2v) is 7.11. The lowest BCUT2D eigenvalue weighted by atomic mass is 9.95. The fraction of sp³-hybridized carbons (Fsp3) is 0.444. The highest BCUT2D eigenvalue weighted by atomic mass is 79.9. The van der Waals surface area contributed by atoms with Gasteiger partial charge in [-0.25, -0.2) is 9.97 Å². The number of anilines is 3. The van der Waals surface area contributed by atoms with Crippen molar-refractivity contribution in [3.63, 3.8) is 0 Å². The van der Waals surface area contributed by atoms with E-state index in [2.05, 4.69) is 49.5 Å². The van der Waals surface area contributed by atoms with E-state index < -0.39 is 0 Å². The summed E-state index contributed by atoms with van der Waals surface area (Å²) in [5, 5.41) is 6.95. The monoisotopic (exact) mass is 374 g/mol. The van der Waals surface area contributed by atoms with Crippen LogP contribution in [0.1, 0.15) is 43.5 Å². The van der Waals surface area contributed by atoms with Crippen molar-refractivity contribution in [1.29, 1.82) is 0 Å². The summed E-state index contributed by atoms with van der Waals surface area (Å²) in [6, 6.07) is 8.74. The molecule has 0 amide bonds. The Kier molecular flexibility index (Phi) is 5.16. The zero-order valence-electron chi connectivity index (χ0n) is 13.7. The van der Waals surface area contributed by atoms with Crippen LogP contribution in [0.15, 0.2) is 28.7 Å². The van der Waals surface area contributed by atoms with E-state index in [1.807, 2.05) is 25.1 Å². The first-order chi connectivity index (χ1) is 11.1. The standard InChI is InChI=1S/C18H23BrN4/c1-12-10-15(8-9-16(12)19)23-18-11-17(20-13(2)21-18)22-14-6-4-3-5-7-14/h8-11,14H,3-7H2,1-2H3,(H2,20,21,22,23). The number of hydrogen-bond donors (Lipinski definition) is 2. The van der Waals surface area contributed by atoms with Gasteiger partial charge in [0, 0.05) is 22.3 Å². The number of aromatic nitrogens is 2. The molecule has 0 atom stereocenters. The van der Waals surface area contributed by atoms with Crippen LogP contribution < -0.4 is 10.6 Å². The maximum absolute atomic E-state index is 4.53. The van der Waals surface area contributed by atoms with Crippen LogP contribution in [0.3, 0.4) is 0 Å². The number of halogens is 1. The summed E-state index contributed by atoms with van der Waals surface area (Å²) >= 11 is 3.53. The van der Waals surface area contributed by atoms with Crippen molar-refractivity contribution in [3.8, 4) is 0 Å². The first kappa shape index (κ1) is 16.2. The quantitative estimate of drug-likeness (QED) is 0.757. The van der Waals surface area contributed by atoms with E-state index in [9.17, 15) is 0 Å². The zero-order valence-corrected chi connectivity index (χ0v) is 15.3. The molecule has 1 aliphatic carbocycles. The molecule has 1 fully saturated rings. The highest BCUT2D eigenvalue weighted by molar-refractivity contribution is 9.10. The van der Waals surface area contributed by atoms with Crippen molar-refractivity contribution in [2.24, 2.45) is 0 Å². The molecule has 5 heteroatoms. The first-order valence-corrected chi connectivity index (χ1v) is 9.05. The fourth-order valence-electron chi connectivity index (χ4n) is 3.03. The normalized spacial score (nSPS) is 15.4. The van der Waals surface area contributed by atoms with Crippen LogP contribution in [-0.4, -0.2) is 16.0 Å². The van der Waals surface area contributed by atoms with Crippen LogP contribution in [0, 0.1) is 13.8 Å². The van der Waals surface area contributed by atoms with E-state index >= 15 is 0 Å². The molecule has 1 aromatic heterocycles. The maximum Gasteiger partial charge on any atom is 0.136 e. The lowest BCUT2D eigenvalue weighted by molar-refractivity contribution is 0.462.